The predicted octanol–water partition coefficient (Wildman–Crippen LogP) is 5.74. The zero-order valence-electron chi connectivity index (χ0n) is 20.0. The molecule has 2 aromatic carbocycles. The molecule has 2 aliphatic carbocycles. The molecule has 0 amide bonds. The summed E-state index contributed by atoms with van der Waals surface area (Å²) in [7, 11) is 0. The van der Waals surface area contributed by atoms with Crippen molar-refractivity contribution in [2.45, 2.75) is 52.6 Å². The van der Waals surface area contributed by atoms with Crippen molar-refractivity contribution < 1.29 is 23.9 Å². The monoisotopic (exact) mass is 456 g/mol. The number of ether oxygens (including phenoxy) is 1. The van der Waals surface area contributed by atoms with E-state index in [2.05, 4.69) is 0 Å². The summed E-state index contributed by atoms with van der Waals surface area (Å²) in [5.41, 5.74) is 2.13. The van der Waals surface area contributed by atoms with Crippen LogP contribution in [0.25, 0.3) is 0 Å². The molecule has 0 aromatic heterocycles. The highest BCUT2D eigenvalue weighted by atomic mass is 16.5. The second kappa shape index (κ2) is 9.07. The van der Waals surface area contributed by atoms with Gasteiger partial charge in [-0.05, 0) is 40.0 Å². The van der Waals surface area contributed by atoms with Crippen molar-refractivity contribution in [3.05, 3.63) is 93.1 Å². The molecule has 0 bridgehead atoms. The lowest BCUT2D eigenvalue weighted by Crippen LogP contribution is -2.37. The first-order valence-corrected chi connectivity index (χ1v) is 11.7. The number of ketones is 4. The lowest BCUT2D eigenvalue weighted by atomic mass is 9.75. The third kappa shape index (κ3) is 3.80. The molecule has 0 atom stereocenters. The number of hydrogen-bond acceptors (Lipinski definition) is 5. The normalized spacial score (nSPS) is 16.2. The fraction of sp³-hybridized carbons (Fsp3) is 0.310. The molecule has 0 spiro atoms. The lowest BCUT2D eigenvalue weighted by molar-refractivity contribution is 0.0169. The Morgan fingerprint density at radius 2 is 1.03 bits per heavy atom. The summed E-state index contributed by atoms with van der Waals surface area (Å²) >= 11 is 0. The van der Waals surface area contributed by atoms with Crippen molar-refractivity contribution in [2.75, 3.05) is 6.61 Å². The molecule has 34 heavy (non-hydrogen) atoms. The molecule has 0 unspecified atom stereocenters. The Bertz CT molecular complexity index is 1290. The number of fused-ring (bicyclic) bond motifs is 2. The Morgan fingerprint density at radius 3 is 1.50 bits per heavy atom. The quantitative estimate of drug-likeness (QED) is 0.531. The smallest absolute Gasteiger partial charge is 0.193 e. The van der Waals surface area contributed by atoms with Gasteiger partial charge in [0.15, 0.2) is 23.1 Å². The Morgan fingerprint density at radius 1 is 0.618 bits per heavy atom. The summed E-state index contributed by atoms with van der Waals surface area (Å²) in [6, 6.07) is 13.6. The fourth-order valence-corrected chi connectivity index (χ4v) is 5.10. The SMILES string of the molecule is CCOC(C)(C)C1=C(CCC2=C(CC)C(=O)c3ccccc3C2=O)C(=O)c2ccccc2C1=O. The highest BCUT2D eigenvalue weighted by Gasteiger charge is 2.40. The van der Waals surface area contributed by atoms with Gasteiger partial charge >= 0.3 is 0 Å². The van der Waals surface area contributed by atoms with Crippen LogP contribution < -0.4 is 0 Å². The molecule has 2 aromatic rings. The Kier molecular flexibility index (Phi) is 6.32. The topological polar surface area (TPSA) is 77.5 Å². The summed E-state index contributed by atoms with van der Waals surface area (Å²) < 4.78 is 5.89. The average molecular weight is 457 g/mol. The molecule has 0 saturated carbocycles. The van der Waals surface area contributed by atoms with Crippen LogP contribution in [0.2, 0.25) is 0 Å². The number of Topliss-reactive ketones (excluding diaryl/α,β-unsaturated/α-hetero) is 4. The van der Waals surface area contributed by atoms with E-state index in [-0.39, 0.29) is 36.0 Å². The maximum absolute atomic E-state index is 13.6. The molecule has 4 rings (SSSR count). The van der Waals surface area contributed by atoms with Crippen LogP contribution in [0.15, 0.2) is 70.8 Å². The second-order valence-corrected chi connectivity index (χ2v) is 9.02. The second-order valence-electron chi connectivity index (χ2n) is 9.02. The molecule has 0 aliphatic heterocycles. The third-order valence-electron chi connectivity index (χ3n) is 6.63. The van der Waals surface area contributed by atoms with E-state index in [1.165, 1.54) is 0 Å². The van der Waals surface area contributed by atoms with Crippen LogP contribution in [-0.4, -0.2) is 35.3 Å². The molecule has 0 radical (unpaired) electrons. The highest BCUT2D eigenvalue weighted by Crippen LogP contribution is 2.38. The molecule has 0 saturated heterocycles. The maximum atomic E-state index is 13.6. The summed E-state index contributed by atoms with van der Waals surface area (Å²) in [4.78, 5) is 53.5. The highest BCUT2D eigenvalue weighted by molar-refractivity contribution is 6.28. The summed E-state index contributed by atoms with van der Waals surface area (Å²) in [6.45, 7) is 7.64. The van der Waals surface area contributed by atoms with Crippen molar-refractivity contribution in [1.29, 1.82) is 0 Å². The third-order valence-corrected chi connectivity index (χ3v) is 6.63. The number of carbonyl (C=O) groups excluding carboxylic acids is 4. The molecular weight excluding hydrogens is 428 g/mol. The van der Waals surface area contributed by atoms with Gasteiger partial charge in [0.2, 0.25) is 0 Å². The van der Waals surface area contributed by atoms with Crippen LogP contribution in [0.5, 0.6) is 0 Å². The van der Waals surface area contributed by atoms with Gasteiger partial charge in [0.05, 0.1) is 5.60 Å². The van der Waals surface area contributed by atoms with Gasteiger partial charge in [-0.3, -0.25) is 19.2 Å². The first-order valence-electron chi connectivity index (χ1n) is 11.7. The van der Waals surface area contributed by atoms with Gasteiger partial charge in [0.1, 0.15) is 0 Å². The van der Waals surface area contributed by atoms with Crippen LogP contribution in [0, 0.1) is 0 Å². The average Bonchev–Trinajstić information content (AvgIpc) is 2.83. The van der Waals surface area contributed by atoms with E-state index in [4.69, 9.17) is 4.74 Å². The van der Waals surface area contributed by atoms with E-state index < -0.39 is 5.60 Å². The first-order chi connectivity index (χ1) is 16.2. The Balaban J connectivity index is 1.79. The number of carbonyl (C=O) groups is 4. The number of rotatable bonds is 7. The minimum absolute atomic E-state index is 0.145. The first kappa shape index (κ1) is 23.7. The van der Waals surface area contributed by atoms with Gasteiger partial charge in [-0.25, -0.2) is 0 Å². The zero-order chi connectivity index (χ0) is 24.6. The van der Waals surface area contributed by atoms with E-state index >= 15 is 0 Å². The van der Waals surface area contributed by atoms with Gasteiger partial charge in [-0.1, -0.05) is 55.5 Å². The van der Waals surface area contributed by atoms with E-state index in [9.17, 15) is 19.2 Å². The van der Waals surface area contributed by atoms with Gasteiger partial charge in [-0.15, -0.1) is 0 Å². The number of benzene rings is 2. The largest absolute Gasteiger partial charge is 0.371 e. The van der Waals surface area contributed by atoms with E-state index in [1.807, 2.05) is 13.8 Å². The van der Waals surface area contributed by atoms with Crippen molar-refractivity contribution in [1.82, 2.24) is 0 Å². The van der Waals surface area contributed by atoms with Crippen LogP contribution >= 0.6 is 0 Å². The van der Waals surface area contributed by atoms with Crippen molar-refractivity contribution in [3.8, 4) is 0 Å². The van der Waals surface area contributed by atoms with E-state index in [0.29, 0.717) is 57.6 Å². The Labute approximate surface area is 199 Å². The molecule has 5 nitrogen and oxygen atoms in total. The van der Waals surface area contributed by atoms with Gasteiger partial charge in [0, 0.05) is 51.2 Å². The minimum Gasteiger partial charge on any atom is -0.371 e. The number of allylic oxidation sites excluding steroid dienone is 3. The number of hydrogen-bond donors (Lipinski definition) is 0. The van der Waals surface area contributed by atoms with Crippen LogP contribution in [0.3, 0.4) is 0 Å². The molecule has 5 heteroatoms. The zero-order valence-corrected chi connectivity index (χ0v) is 20.0. The minimum atomic E-state index is -0.981. The van der Waals surface area contributed by atoms with Gasteiger partial charge in [-0.2, -0.15) is 0 Å². The standard InChI is InChI=1S/C29H28O5/c1-5-17-22(26(31)19-12-8-7-11-18(19)25(17)30)15-16-23-24(29(3,4)34-6-2)28(33)21-14-10-9-13-20(21)27(23)32/h7-14H,5-6,15-16H2,1-4H3. The van der Waals surface area contributed by atoms with Crippen LogP contribution in [0.4, 0.5) is 0 Å². The van der Waals surface area contributed by atoms with Crippen molar-refractivity contribution in [3.63, 3.8) is 0 Å². The molecular formula is C29H28O5. The fourth-order valence-electron chi connectivity index (χ4n) is 5.10. The van der Waals surface area contributed by atoms with Crippen molar-refractivity contribution in [2.24, 2.45) is 0 Å². The molecule has 0 fully saturated rings. The van der Waals surface area contributed by atoms with Crippen LogP contribution in [-0.2, 0) is 4.74 Å². The Hall–Kier alpha value is -3.44. The molecule has 0 N–H and O–H groups in total. The maximum Gasteiger partial charge on any atom is 0.193 e. The van der Waals surface area contributed by atoms with Gasteiger partial charge in [0.25, 0.3) is 0 Å². The molecule has 174 valence electrons. The van der Waals surface area contributed by atoms with E-state index in [0.717, 1.165) is 0 Å². The summed E-state index contributed by atoms with van der Waals surface area (Å²) in [5.74, 6) is -0.794. The predicted molar refractivity (Wildman–Crippen MR) is 129 cm³/mol. The summed E-state index contributed by atoms with van der Waals surface area (Å²) in [5, 5.41) is 0. The molecule has 2 aliphatic rings. The van der Waals surface area contributed by atoms with Gasteiger partial charge < -0.3 is 4.74 Å². The van der Waals surface area contributed by atoms with Crippen LogP contribution in [0.1, 0.15) is 88.4 Å². The van der Waals surface area contributed by atoms with Crippen molar-refractivity contribution >= 4 is 23.1 Å². The van der Waals surface area contributed by atoms with E-state index in [1.54, 1.807) is 62.4 Å². The molecule has 0 heterocycles. The summed E-state index contributed by atoms with van der Waals surface area (Å²) in [6.07, 6.45) is 0.787. The lowest BCUT2D eigenvalue weighted by Gasteiger charge is -2.32.